The quantitative estimate of drug-likeness (QED) is 0.851. The van der Waals surface area contributed by atoms with Gasteiger partial charge in [0.1, 0.15) is 5.82 Å². The lowest BCUT2D eigenvalue weighted by Gasteiger charge is -2.26. The lowest BCUT2D eigenvalue weighted by Crippen LogP contribution is -2.28. The van der Waals surface area contributed by atoms with E-state index in [1.165, 1.54) is 6.07 Å². The lowest BCUT2D eigenvalue weighted by atomic mass is 10.1. The van der Waals surface area contributed by atoms with Crippen LogP contribution in [0.2, 0.25) is 0 Å². The zero-order valence-corrected chi connectivity index (χ0v) is 11.1. The van der Waals surface area contributed by atoms with Crippen molar-refractivity contribution in [3.63, 3.8) is 0 Å². The van der Waals surface area contributed by atoms with Gasteiger partial charge < -0.3 is 10.0 Å². The van der Waals surface area contributed by atoms with Crippen molar-refractivity contribution in [1.82, 2.24) is 0 Å². The van der Waals surface area contributed by atoms with Gasteiger partial charge in [-0.05, 0) is 37.5 Å². The number of aliphatic hydroxyl groups excluding tert-OH is 1. The minimum atomic E-state index is -0.626. The first-order valence-electron chi connectivity index (χ1n) is 6.18. The average molecular weight is 239 g/mol. The first-order valence-corrected chi connectivity index (χ1v) is 6.18. The van der Waals surface area contributed by atoms with Crippen LogP contribution in [0, 0.1) is 11.7 Å². The molecule has 0 amide bonds. The Morgan fingerprint density at radius 3 is 2.35 bits per heavy atom. The molecule has 0 radical (unpaired) electrons. The summed E-state index contributed by atoms with van der Waals surface area (Å²) in [6, 6.07) is 4.96. The minimum absolute atomic E-state index is 0.258. The fourth-order valence-corrected chi connectivity index (χ4v) is 1.88. The standard InChI is InChI=1S/C14H22FNO/c1-5-16(9-10(2)3)14-7-6-12(11(4)17)8-13(14)15/h6-8,10-11,17H,5,9H2,1-4H3/t11-/m1/s1. The van der Waals surface area contributed by atoms with E-state index in [0.29, 0.717) is 17.2 Å². The second-order valence-electron chi connectivity index (χ2n) is 4.82. The molecule has 1 rings (SSSR count). The number of nitrogens with zero attached hydrogens (tertiary/aromatic N) is 1. The van der Waals surface area contributed by atoms with Crippen LogP contribution in [0.1, 0.15) is 39.4 Å². The van der Waals surface area contributed by atoms with Gasteiger partial charge in [0.15, 0.2) is 0 Å². The molecular formula is C14H22FNO. The highest BCUT2D eigenvalue weighted by Gasteiger charge is 2.13. The van der Waals surface area contributed by atoms with E-state index in [0.717, 1.165) is 13.1 Å². The van der Waals surface area contributed by atoms with Crippen LogP contribution in [0.25, 0.3) is 0 Å². The number of aliphatic hydroxyl groups is 1. The summed E-state index contributed by atoms with van der Waals surface area (Å²) in [7, 11) is 0. The van der Waals surface area contributed by atoms with Crippen LogP contribution < -0.4 is 4.90 Å². The van der Waals surface area contributed by atoms with Crippen LogP contribution in [-0.2, 0) is 0 Å². The molecule has 0 saturated carbocycles. The monoisotopic (exact) mass is 239 g/mol. The van der Waals surface area contributed by atoms with Crippen molar-refractivity contribution in [3.8, 4) is 0 Å². The molecule has 1 N–H and O–H groups in total. The van der Waals surface area contributed by atoms with Gasteiger partial charge in [0, 0.05) is 13.1 Å². The molecule has 1 aromatic carbocycles. The average Bonchev–Trinajstić information content (AvgIpc) is 2.25. The van der Waals surface area contributed by atoms with E-state index in [2.05, 4.69) is 13.8 Å². The maximum atomic E-state index is 13.9. The van der Waals surface area contributed by atoms with Crippen molar-refractivity contribution in [2.24, 2.45) is 5.92 Å². The van der Waals surface area contributed by atoms with Crippen LogP contribution >= 0.6 is 0 Å². The highest BCUT2D eigenvalue weighted by atomic mass is 19.1. The van der Waals surface area contributed by atoms with Gasteiger partial charge in [-0.25, -0.2) is 4.39 Å². The topological polar surface area (TPSA) is 23.5 Å². The molecule has 0 heterocycles. The fraction of sp³-hybridized carbons (Fsp3) is 0.571. The molecule has 2 nitrogen and oxygen atoms in total. The van der Waals surface area contributed by atoms with E-state index in [-0.39, 0.29) is 5.82 Å². The zero-order valence-electron chi connectivity index (χ0n) is 11.1. The molecule has 0 fully saturated rings. The van der Waals surface area contributed by atoms with Gasteiger partial charge in [-0.1, -0.05) is 19.9 Å². The molecule has 0 unspecified atom stereocenters. The minimum Gasteiger partial charge on any atom is -0.389 e. The maximum Gasteiger partial charge on any atom is 0.146 e. The molecule has 3 heteroatoms. The van der Waals surface area contributed by atoms with Gasteiger partial charge in [0.2, 0.25) is 0 Å². The first-order chi connectivity index (χ1) is 7.95. The molecule has 17 heavy (non-hydrogen) atoms. The van der Waals surface area contributed by atoms with Gasteiger partial charge in [0.25, 0.3) is 0 Å². The Kier molecular flexibility index (Phi) is 4.94. The van der Waals surface area contributed by atoms with Crippen molar-refractivity contribution in [3.05, 3.63) is 29.6 Å². The molecule has 1 atom stereocenters. The van der Waals surface area contributed by atoms with E-state index in [1.807, 2.05) is 11.8 Å². The normalized spacial score (nSPS) is 12.9. The van der Waals surface area contributed by atoms with Crippen LogP contribution in [0.4, 0.5) is 10.1 Å². The Labute approximate surface area is 103 Å². The van der Waals surface area contributed by atoms with E-state index in [4.69, 9.17) is 0 Å². The van der Waals surface area contributed by atoms with E-state index < -0.39 is 6.10 Å². The molecule has 0 aliphatic heterocycles. The Balaban J connectivity index is 2.96. The predicted molar refractivity (Wildman–Crippen MR) is 69.8 cm³/mol. The van der Waals surface area contributed by atoms with Gasteiger partial charge >= 0.3 is 0 Å². The van der Waals surface area contributed by atoms with Crippen molar-refractivity contribution in [2.45, 2.75) is 33.8 Å². The molecule has 0 spiro atoms. The molecule has 0 aromatic heterocycles. The van der Waals surface area contributed by atoms with Crippen LogP contribution in [0.15, 0.2) is 18.2 Å². The molecule has 0 saturated heterocycles. The summed E-state index contributed by atoms with van der Waals surface area (Å²) in [5.41, 5.74) is 1.23. The zero-order chi connectivity index (χ0) is 13.0. The van der Waals surface area contributed by atoms with Crippen molar-refractivity contribution in [1.29, 1.82) is 0 Å². The molecule has 1 aromatic rings. The summed E-state index contributed by atoms with van der Waals surface area (Å²) in [6.45, 7) is 9.50. The number of anilines is 1. The second-order valence-corrected chi connectivity index (χ2v) is 4.82. The SMILES string of the molecule is CCN(CC(C)C)c1ccc([C@@H](C)O)cc1F. The third-order valence-corrected chi connectivity index (χ3v) is 2.76. The number of halogens is 1. The molecule has 96 valence electrons. The number of hydrogen-bond donors (Lipinski definition) is 1. The Bertz CT molecular complexity index is 363. The molecule has 0 bridgehead atoms. The van der Waals surface area contributed by atoms with Gasteiger partial charge in [0.05, 0.1) is 11.8 Å². The van der Waals surface area contributed by atoms with Gasteiger partial charge in [-0.15, -0.1) is 0 Å². The summed E-state index contributed by atoms with van der Waals surface area (Å²) in [4.78, 5) is 2.02. The maximum absolute atomic E-state index is 13.9. The Morgan fingerprint density at radius 2 is 1.94 bits per heavy atom. The number of rotatable bonds is 5. The van der Waals surface area contributed by atoms with Crippen LogP contribution in [-0.4, -0.2) is 18.2 Å². The lowest BCUT2D eigenvalue weighted by molar-refractivity contribution is 0.199. The highest BCUT2D eigenvalue weighted by molar-refractivity contribution is 5.49. The van der Waals surface area contributed by atoms with Crippen LogP contribution in [0.3, 0.4) is 0 Å². The summed E-state index contributed by atoms with van der Waals surface area (Å²) in [5, 5.41) is 9.40. The number of benzene rings is 1. The predicted octanol–water partition coefficient (Wildman–Crippen LogP) is 3.36. The van der Waals surface area contributed by atoms with Gasteiger partial charge in [-0.3, -0.25) is 0 Å². The fourth-order valence-electron chi connectivity index (χ4n) is 1.88. The molecule has 0 aliphatic carbocycles. The number of hydrogen-bond acceptors (Lipinski definition) is 2. The molecule has 0 aliphatic rings. The van der Waals surface area contributed by atoms with Gasteiger partial charge in [-0.2, -0.15) is 0 Å². The van der Waals surface area contributed by atoms with Crippen molar-refractivity contribution in [2.75, 3.05) is 18.0 Å². The van der Waals surface area contributed by atoms with Crippen molar-refractivity contribution < 1.29 is 9.50 Å². The van der Waals surface area contributed by atoms with E-state index in [1.54, 1.807) is 19.1 Å². The Morgan fingerprint density at radius 1 is 1.29 bits per heavy atom. The smallest absolute Gasteiger partial charge is 0.146 e. The summed E-state index contributed by atoms with van der Waals surface area (Å²) in [5.74, 6) is 0.233. The summed E-state index contributed by atoms with van der Waals surface area (Å²) >= 11 is 0. The summed E-state index contributed by atoms with van der Waals surface area (Å²) < 4.78 is 13.9. The van der Waals surface area contributed by atoms with E-state index >= 15 is 0 Å². The van der Waals surface area contributed by atoms with Crippen molar-refractivity contribution >= 4 is 5.69 Å². The second kappa shape index (κ2) is 6.01. The molecular weight excluding hydrogens is 217 g/mol. The van der Waals surface area contributed by atoms with E-state index in [9.17, 15) is 9.50 Å². The summed E-state index contributed by atoms with van der Waals surface area (Å²) in [6.07, 6.45) is -0.626. The third kappa shape index (κ3) is 3.70. The first kappa shape index (κ1) is 14.0. The highest BCUT2D eigenvalue weighted by Crippen LogP contribution is 2.24. The largest absolute Gasteiger partial charge is 0.389 e. The van der Waals surface area contributed by atoms with Crippen LogP contribution in [0.5, 0.6) is 0 Å². The Hall–Kier alpha value is -1.09. The third-order valence-electron chi connectivity index (χ3n) is 2.76.